The Kier molecular flexibility index (Phi) is 14.9. The molecule has 0 saturated carbocycles. The van der Waals surface area contributed by atoms with Crippen molar-refractivity contribution in [3.63, 3.8) is 0 Å². The molecule has 0 radical (unpaired) electrons. The van der Waals surface area contributed by atoms with Crippen LogP contribution in [-0.2, 0) is 25.5 Å². The summed E-state index contributed by atoms with van der Waals surface area (Å²) in [5, 5.41) is 2.51. The summed E-state index contributed by atoms with van der Waals surface area (Å²) in [6, 6.07) is 7.66. The molecule has 0 unspecified atom stereocenters. The molecule has 2 aromatic rings. The molecule has 0 aliphatic carbocycles. The van der Waals surface area contributed by atoms with Gasteiger partial charge in [0, 0.05) is 48.8 Å². The van der Waals surface area contributed by atoms with Crippen molar-refractivity contribution in [2.45, 2.75) is 123 Å². The van der Waals surface area contributed by atoms with Crippen LogP contribution in [0.1, 0.15) is 89.2 Å². The molecule has 326 valence electrons. The first-order valence-corrected chi connectivity index (χ1v) is 19.8. The number of hydrogen-bond donors (Lipinski definition) is 1. The van der Waals surface area contributed by atoms with Crippen molar-refractivity contribution < 1.29 is 55.4 Å². The number of aryl methyl sites for hydroxylation is 1. The molecule has 2 heterocycles. The van der Waals surface area contributed by atoms with Crippen molar-refractivity contribution >= 4 is 47.0 Å². The van der Waals surface area contributed by atoms with E-state index in [9.17, 15) is 45.9 Å². The van der Waals surface area contributed by atoms with Crippen LogP contribution in [0, 0.1) is 6.92 Å². The minimum absolute atomic E-state index is 0.00589. The summed E-state index contributed by atoms with van der Waals surface area (Å²) in [5.74, 6) is -2.94. The normalized spacial score (nSPS) is 18.0. The average molecular weight is 858 g/mol. The first-order valence-electron chi connectivity index (χ1n) is 19.4. The number of amides is 5. The standard InChI is InChI=1S/C41H53ClF5N5O7/c1-24(2)52(36(55)30-21-31-32(19-25(30)3)58-40(7,8)37(56)50(31)18-16-48-35(54)34(43)44)29-14-13-28(51(22-29)38(57)59-39(4,5)6)15-17-49(23-41(45,46)47)33(53)20-26-9-11-27(42)12-10-26/h9-12,19,21,24,28-29,34H,13-18,20,22-23H2,1-8H3,(H,48,54)/t28-,29-/m1/s1. The number of benzene rings is 2. The van der Waals surface area contributed by atoms with Crippen LogP contribution in [0.15, 0.2) is 36.4 Å². The van der Waals surface area contributed by atoms with Gasteiger partial charge in [0.25, 0.3) is 17.7 Å². The third-order valence-corrected chi connectivity index (χ3v) is 10.3. The number of anilines is 1. The molecule has 2 aliphatic rings. The lowest BCUT2D eigenvalue weighted by atomic mass is 9.93. The predicted molar refractivity (Wildman–Crippen MR) is 211 cm³/mol. The van der Waals surface area contributed by atoms with Crippen LogP contribution in [0.3, 0.4) is 0 Å². The Labute approximate surface area is 346 Å². The monoisotopic (exact) mass is 857 g/mol. The lowest BCUT2D eigenvalue weighted by Gasteiger charge is -2.46. The zero-order valence-corrected chi connectivity index (χ0v) is 35.3. The molecule has 1 fully saturated rings. The van der Waals surface area contributed by atoms with E-state index >= 15 is 0 Å². The largest absolute Gasteiger partial charge is 0.476 e. The van der Waals surface area contributed by atoms with Gasteiger partial charge in [0.15, 0.2) is 5.60 Å². The maximum atomic E-state index is 14.6. The summed E-state index contributed by atoms with van der Waals surface area (Å²) in [7, 11) is 0. The van der Waals surface area contributed by atoms with Gasteiger partial charge < -0.3 is 34.4 Å². The minimum atomic E-state index is -4.68. The zero-order chi connectivity index (χ0) is 44.2. The summed E-state index contributed by atoms with van der Waals surface area (Å²) in [4.78, 5) is 71.7. The van der Waals surface area contributed by atoms with Gasteiger partial charge in [-0.25, -0.2) is 4.79 Å². The summed E-state index contributed by atoms with van der Waals surface area (Å²) < 4.78 is 78.7. The fourth-order valence-corrected chi connectivity index (χ4v) is 7.40. The second kappa shape index (κ2) is 18.7. The first-order chi connectivity index (χ1) is 27.3. The smallest absolute Gasteiger partial charge is 0.410 e. The molecule has 1 saturated heterocycles. The predicted octanol–water partition coefficient (Wildman–Crippen LogP) is 7.18. The molecule has 0 bridgehead atoms. The minimum Gasteiger partial charge on any atom is -0.476 e. The van der Waals surface area contributed by atoms with E-state index in [0.717, 1.165) is 4.90 Å². The van der Waals surface area contributed by atoms with Crippen LogP contribution in [0.25, 0.3) is 0 Å². The molecule has 12 nitrogen and oxygen atoms in total. The topological polar surface area (TPSA) is 129 Å². The van der Waals surface area contributed by atoms with Gasteiger partial charge in [-0.1, -0.05) is 23.7 Å². The molecule has 5 amide bonds. The third kappa shape index (κ3) is 12.4. The Morgan fingerprint density at radius 3 is 2.27 bits per heavy atom. The van der Waals surface area contributed by atoms with Gasteiger partial charge in [-0.05, 0) is 110 Å². The number of nitrogens with one attached hydrogen (secondary N) is 1. The van der Waals surface area contributed by atoms with Crippen LogP contribution in [-0.4, -0.2) is 119 Å². The fraction of sp³-hybridized carbons (Fsp3) is 0.585. The van der Waals surface area contributed by atoms with Crippen molar-refractivity contribution in [2.24, 2.45) is 0 Å². The first kappa shape index (κ1) is 47.0. The van der Waals surface area contributed by atoms with Crippen LogP contribution >= 0.6 is 11.6 Å². The number of halogens is 6. The molecule has 2 atom stereocenters. The molecule has 0 spiro atoms. The molecule has 18 heteroatoms. The molecule has 2 aromatic carbocycles. The van der Waals surface area contributed by atoms with Crippen LogP contribution in [0.5, 0.6) is 5.75 Å². The molecule has 2 aliphatic heterocycles. The van der Waals surface area contributed by atoms with Crippen molar-refractivity contribution in [3.05, 3.63) is 58.1 Å². The number of hydrogen-bond acceptors (Lipinski definition) is 7. The fourth-order valence-electron chi connectivity index (χ4n) is 7.28. The Morgan fingerprint density at radius 1 is 1.05 bits per heavy atom. The van der Waals surface area contributed by atoms with E-state index in [1.165, 1.54) is 29.7 Å². The number of likely N-dealkylation sites (tertiary alicyclic amines) is 1. The summed E-state index contributed by atoms with van der Waals surface area (Å²) >= 11 is 5.94. The Bertz CT molecular complexity index is 1870. The molecule has 0 aromatic heterocycles. The average Bonchev–Trinajstić information content (AvgIpc) is 3.11. The number of fused-ring (bicyclic) bond motifs is 1. The van der Waals surface area contributed by atoms with E-state index in [0.29, 0.717) is 22.6 Å². The summed E-state index contributed by atoms with van der Waals surface area (Å²) in [5.41, 5.74) is -0.888. The van der Waals surface area contributed by atoms with Gasteiger partial charge in [-0.2, -0.15) is 22.0 Å². The number of ether oxygens (including phenoxy) is 2. The van der Waals surface area contributed by atoms with E-state index in [2.05, 4.69) is 5.32 Å². The molecule has 59 heavy (non-hydrogen) atoms. The SMILES string of the molecule is Cc1cc2c(cc1C(=O)N(C(C)C)[C@@H]1CC[C@H](CCN(CC(F)(F)F)C(=O)Cc3ccc(Cl)cc3)N(C(=O)OC(C)(C)C)C1)N(CCNC(=O)C(F)F)C(=O)C(C)(C)O2. The lowest BCUT2D eigenvalue weighted by molar-refractivity contribution is -0.161. The lowest BCUT2D eigenvalue weighted by Crippen LogP contribution is -2.58. The highest BCUT2D eigenvalue weighted by Gasteiger charge is 2.43. The quantitative estimate of drug-likeness (QED) is 0.212. The van der Waals surface area contributed by atoms with E-state index in [1.54, 1.807) is 76.8 Å². The van der Waals surface area contributed by atoms with Gasteiger partial charge >= 0.3 is 18.7 Å². The van der Waals surface area contributed by atoms with E-state index in [1.807, 2.05) is 0 Å². The number of nitrogens with zero attached hydrogens (tertiary/aromatic N) is 4. The molecule has 1 N–H and O–H groups in total. The molecular formula is C41H53ClF5N5O7. The van der Waals surface area contributed by atoms with Crippen LogP contribution in [0.2, 0.25) is 5.02 Å². The Balaban J connectivity index is 1.61. The third-order valence-electron chi connectivity index (χ3n) is 10.0. The maximum absolute atomic E-state index is 14.6. The number of alkyl halides is 5. The highest BCUT2D eigenvalue weighted by Crippen LogP contribution is 2.40. The van der Waals surface area contributed by atoms with Gasteiger partial charge in [-0.15, -0.1) is 0 Å². The van der Waals surface area contributed by atoms with Crippen molar-refractivity contribution in [1.29, 1.82) is 0 Å². The second-order valence-corrected chi connectivity index (χ2v) is 17.1. The summed E-state index contributed by atoms with van der Waals surface area (Å²) in [6.07, 6.45) is -8.31. The second-order valence-electron chi connectivity index (χ2n) is 16.6. The zero-order valence-electron chi connectivity index (χ0n) is 34.6. The highest BCUT2D eigenvalue weighted by molar-refractivity contribution is 6.30. The number of carbonyl (C=O) groups excluding carboxylic acids is 5. The molecule has 4 rings (SSSR count). The van der Waals surface area contributed by atoms with E-state index in [-0.39, 0.29) is 62.4 Å². The van der Waals surface area contributed by atoms with Crippen molar-refractivity contribution in [2.75, 3.05) is 37.6 Å². The van der Waals surface area contributed by atoms with E-state index in [4.69, 9.17) is 21.1 Å². The maximum Gasteiger partial charge on any atom is 0.410 e. The van der Waals surface area contributed by atoms with Crippen LogP contribution < -0.4 is 15.0 Å². The van der Waals surface area contributed by atoms with Crippen molar-refractivity contribution in [3.8, 4) is 5.75 Å². The Morgan fingerprint density at radius 2 is 1.69 bits per heavy atom. The van der Waals surface area contributed by atoms with Gasteiger partial charge in [0.2, 0.25) is 5.91 Å². The van der Waals surface area contributed by atoms with Crippen LogP contribution in [0.4, 0.5) is 32.4 Å². The number of carbonyl (C=O) groups is 5. The van der Waals surface area contributed by atoms with Gasteiger partial charge in [-0.3, -0.25) is 19.2 Å². The summed E-state index contributed by atoms with van der Waals surface area (Å²) in [6.45, 7) is 11.1. The van der Waals surface area contributed by atoms with Crippen molar-refractivity contribution in [1.82, 2.24) is 20.0 Å². The van der Waals surface area contributed by atoms with E-state index < -0.39 is 78.2 Å². The Hall–Kier alpha value is -4.67. The number of rotatable bonds is 13. The molecular weight excluding hydrogens is 805 g/mol. The van der Waals surface area contributed by atoms with Gasteiger partial charge in [0.05, 0.1) is 18.2 Å². The van der Waals surface area contributed by atoms with Gasteiger partial charge in [0.1, 0.15) is 17.9 Å². The number of piperidine rings is 1. The highest BCUT2D eigenvalue weighted by atomic mass is 35.5.